The number of hydrogen-bond acceptors (Lipinski definition) is 2. The van der Waals surface area contributed by atoms with Gasteiger partial charge in [0.15, 0.2) is 0 Å². The molecule has 4 N–H and O–H groups in total. The van der Waals surface area contributed by atoms with Crippen molar-refractivity contribution < 1.29 is 4.79 Å². The highest BCUT2D eigenvalue weighted by Gasteiger charge is 1.99. The van der Waals surface area contributed by atoms with Crippen molar-refractivity contribution in [3.05, 3.63) is 30.3 Å². The lowest BCUT2D eigenvalue weighted by Crippen LogP contribution is -2.30. The van der Waals surface area contributed by atoms with E-state index in [0.29, 0.717) is 18.0 Å². The third-order valence-electron chi connectivity index (χ3n) is 1.92. The highest BCUT2D eigenvalue weighted by atomic mass is 32.1. The first kappa shape index (κ1) is 12.4. The maximum Gasteiger partial charge on any atom is 0.319 e. The quantitative estimate of drug-likeness (QED) is 0.541. The van der Waals surface area contributed by atoms with Gasteiger partial charge in [-0.05, 0) is 25.0 Å². The van der Waals surface area contributed by atoms with Crippen LogP contribution in [-0.2, 0) is 0 Å². The zero-order valence-corrected chi connectivity index (χ0v) is 9.72. The molecule has 2 amide bonds. The number of nitrogens with one attached hydrogen (secondary N) is 2. The van der Waals surface area contributed by atoms with E-state index < -0.39 is 0 Å². The summed E-state index contributed by atoms with van der Waals surface area (Å²) in [6, 6.07) is 9.06. The monoisotopic (exact) mass is 237 g/mol. The van der Waals surface area contributed by atoms with Gasteiger partial charge in [0, 0.05) is 12.2 Å². The smallest absolute Gasteiger partial charge is 0.319 e. The van der Waals surface area contributed by atoms with E-state index in [1.807, 2.05) is 30.3 Å². The van der Waals surface area contributed by atoms with Crippen molar-refractivity contribution in [2.24, 2.45) is 5.73 Å². The van der Waals surface area contributed by atoms with Crippen LogP contribution in [0.1, 0.15) is 12.8 Å². The molecular formula is C11H15N3OS. The van der Waals surface area contributed by atoms with E-state index in [-0.39, 0.29) is 6.03 Å². The molecule has 0 saturated heterocycles. The van der Waals surface area contributed by atoms with Gasteiger partial charge < -0.3 is 16.4 Å². The summed E-state index contributed by atoms with van der Waals surface area (Å²) >= 11 is 4.73. The first-order valence-corrected chi connectivity index (χ1v) is 5.47. The Balaban J connectivity index is 2.19. The molecular weight excluding hydrogens is 222 g/mol. The van der Waals surface area contributed by atoms with Crippen LogP contribution < -0.4 is 16.4 Å². The fraction of sp³-hybridized carbons (Fsp3) is 0.273. The third kappa shape index (κ3) is 5.31. The number of hydrogen-bond donors (Lipinski definition) is 3. The normalized spacial score (nSPS) is 9.50. The molecule has 0 heterocycles. The first-order valence-electron chi connectivity index (χ1n) is 5.06. The van der Waals surface area contributed by atoms with Crippen molar-refractivity contribution in [1.82, 2.24) is 5.32 Å². The van der Waals surface area contributed by atoms with Gasteiger partial charge in [0.1, 0.15) is 0 Å². The molecule has 1 aromatic carbocycles. The molecule has 1 aromatic rings. The standard InChI is InChI=1S/C11H15N3OS/c12-10(16)7-4-8-13-11(15)14-9-5-2-1-3-6-9/h1-3,5-6H,4,7-8H2,(H2,12,16)(H2,13,14,15). The van der Waals surface area contributed by atoms with Gasteiger partial charge in [0.2, 0.25) is 0 Å². The lowest BCUT2D eigenvalue weighted by atomic mass is 10.3. The van der Waals surface area contributed by atoms with E-state index >= 15 is 0 Å². The number of carbonyl (C=O) groups is 1. The zero-order valence-electron chi connectivity index (χ0n) is 8.90. The topological polar surface area (TPSA) is 67.1 Å². The van der Waals surface area contributed by atoms with E-state index in [4.69, 9.17) is 18.0 Å². The van der Waals surface area contributed by atoms with Gasteiger partial charge in [-0.1, -0.05) is 30.4 Å². The van der Waals surface area contributed by atoms with Crippen LogP contribution in [-0.4, -0.2) is 17.6 Å². The molecule has 0 bridgehead atoms. The van der Waals surface area contributed by atoms with Crippen molar-refractivity contribution in [2.75, 3.05) is 11.9 Å². The maximum atomic E-state index is 11.4. The number of urea groups is 1. The Bertz CT molecular complexity index is 354. The van der Waals surface area contributed by atoms with Crippen LogP contribution in [0.5, 0.6) is 0 Å². The summed E-state index contributed by atoms with van der Waals surface area (Å²) in [5.41, 5.74) is 6.11. The number of amides is 2. The Morgan fingerprint density at radius 3 is 2.62 bits per heavy atom. The van der Waals surface area contributed by atoms with Crippen molar-refractivity contribution >= 4 is 28.9 Å². The summed E-state index contributed by atoms with van der Waals surface area (Å²) in [6.45, 7) is 0.565. The highest BCUT2D eigenvalue weighted by Crippen LogP contribution is 2.03. The van der Waals surface area contributed by atoms with Crippen molar-refractivity contribution in [3.8, 4) is 0 Å². The van der Waals surface area contributed by atoms with Crippen molar-refractivity contribution in [3.63, 3.8) is 0 Å². The lowest BCUT2D eigenvalue weighted by molar-refractivity contribution is 0.252. The predicted octanol–water partition coefficient (Wildman–Crippen LogP) is 1.87. The Morgan fingerprint density at radius 1 is 1.31 bits per heavy atom. The average Bonchev–Trinajstić information content (AvgIpc) is 2.25. The maximum absolute atomic E-state index is 11.4. The average molecular weight is 237 g/mol. The van der Waals surface area contributed by atoms with E-state index in [2.05, 4.69) is 10.6 Å². The number of carbonyl (C=O) groups excluding carboxylic acids is 1. The molecule has 0 saturated carbocycles. The van der Waals surface area contributed by atoms with Gasteiger partial charge in [-0.15, -0.1) is 0 Å². The molecule has 5 heteroatoms. The van der Waals surface area contributed by atoms with Gasteiger partial charge in [0.05, 0.1) is 4.99 Å². The Morgan fingerprint density at radius 2 is 2.00 bits per heavy atom. The Hall–Kier alpha value is -1.62. The Kier molecular flexibility index (Phi) is 5.28. The second-order valence-corrected chi connectivity index (χ2v) is 3.84. The largest absolute Gasteiger partial charge is 0.393 e. The summed E-state index contributed by atoms with van der Waals surface area (Å²) in [5.74, 6) is 0. The molecule has 0 unspecified atom stereocenters. The van der Waals surface area contributed by atoms with Gasteiger partial charge in [-0.25, -0.2) is 4.79 Å². The number of nitrogens with two attached hydrogens (primary N) is 1. The van der Waals surface area contributed by atoms with Crippen LogP contribution in [0.25, 0.3) is 0 Å². The molecule has 0 spiro atoms. The molecule has 0 aliphatic carbocycles. The molecule has 0 aliphatic rings. The van der Waals surface area contributed by atoms with Gasteiger partial charge in [0.25, 0.3) is 0 Å². The highest BCUT2D eigenvalue weighted by molar-refractivity contribution is 7.80. The minimum Gasteiger partial charge on any atom is -0.393 e. The van der Waals surface area contributed by atoms with Crippen LogP contribution in [0, 0.1) is 0 Å². The second-order valence-electron chi connectivity index (χ2n) is 3.32. The van der Waals surface area contributed by atoms with Gasteiger partial charge in [-0.3, -0.25) is 0 Å². The fourth-order valence-electron chi connectivity index (χ4n) is 1.16. The van der Waals surface area contributed by atoms with Crippen LogP contribution >= 0.6 is 12.2 Å². The number of thiocarbonyl (C=S) groups is 1. The van der Waals surface area contributed by atoms with Gasteiger partial charge >= 0.3 is 6.03 Å². The Labute approximate surface area is 100 Å². The number of para-hydroxylation sites is 1. The van der Waals surface area contributed by atoms with E-state index in [9.17, 15) is 4.79 Å². The van der Waals surface area contributed by atoms with E-state index in [1.165, 1.54) is 0 Å². The summed E-state index contributed by atoms with van der Waals surface area (Å²) in [6.07, 6.45) is 1.42. The second kappa shape index (κ2) is 6.79. The minimum absolute atomic E-state index is 0.214. The molecule has 86 valence electrons. The van der Waals surface area contributed by atoms with Crippen LogP contribution in [0.4, 0.5) is 10.5 Å². The molecule has 0 atom stereocenters. The minimum atomic E-state index is -0.214. The lowest BCUT2D eigenvalue weighted by Gasteiger charge is -2.06. The zero-order chi connectivity index (χ0) is 11.8. The fourth-order valence-corrected chi connectivity index (χ4v) is 1.31. The summed E-state index contributed by atoms with van der Waals surface area (Å²) in [4.78, 5) is 11.8. The van der Waals surface area contributed by atoms with Crippen LogP contribution in [0.15, 0.2) is 30.3 Å². The number of benzene rings is 1. The number of anilines is 1. The predicted molar refractivity (Wildman–Crippen MR) is 69.5 cm³/mol. The summed E-state index contributed by atoms with van der Waals surface area (Å²) in [5, 5.41) is 5.44. The molecule has 0 fully saturated rings. The summed E-state index contributed by atoms with van der Waals surface area (Å²) < 4.78 is 0. The molecule has 4 nitrogen and oxygen atoms in total. The van der Waals surface area contributed by atoms with Crippen LogP contribution in [0.2, 0.25) is 0 Å². The SMILES string of the molecule is NC(=S)CCCNC(=O)Nc1ccccc1. The molecule has 1 rings (SSSR count). The van der Waals surface area contributed by atoms with E-state index in [0.717, 1.165) is 12.1 Å². The van der Waals surface area contributed by atoms with E-state index in [1.54, 1.807) is 0 Å². The first-order chi connectivity index (χ1) is 7.68. The van der Waals surface area contributed by atoms with Crippen molar-refractivity contribution in [2.45, 2.75) is 12.8 Å². The van der Waals surface area contributed by atoms with Crippen LogP contribution in [0.3, 0.4) is 0 Å². The molecule has 0 aromatic heterocycles. The van der Waals surface area contributed by atoms with Crippen molar-refractivity contribution in [1.29, 1.82) is 0 Å². The third-order valence-corrected chi connectivity index (χ3v) is 2.12. The van der Waals surface area contributed by atoms with Gasteiger partial charge in [-0.2, -0.15) is 0 Å². The molecule has 0 radical (unpaired) electrons. The molecule has 16 heavy (non-hydrogen) atoms. The number of rotatable bonds is 5. The molecule has 0 aliphatic heterocycles. The summed E-state index contributed by atoms with van der Waals surface area (Å²) in [7, 11) is 0.